The highest BCUT2D eigenvalue weighted by atomic mass is 16.5. The number of aryl methyl sites for hydroxylation is 1. The highest BCUT2D eigenvalue weighted by Crippen LogP contribution is 2.19. The number of nitrogens with zero attached hydrogens (tertiary/aromatic N) is 2. The van der Waals surface area contributed by atoms with Crippen LogP contribution < -0.4 is 10.1 Å². The van der Waals surface area contributed by atoms with Crippen molar-refractivity contribution in [2.75, 3.05) is 19.7 Å². The van der Waals surface area contributed by atoms with Crippen molar-refractivity contribution in [1.82, 2.24) is 15.3 Å². The third-order valence-electron chi connectivity index (χ3n) is 3.63. The molecule has 0 saturated carbocycles. The molecule has 4 nitrogen and oxygen atoms in total. The van der Waals surface area contributed by atoms with E-state index in [1.54, 1.807) is 0 Å². The molecule has 0 spiro atoms. The fourth-order valence-electron chi connectivity index (χ4n) is 2.49. The van der Waals surface area contributed by atoms with Crippen LogP contribution in [0.2, 0.25) is 0 Å². The molecule has 1 aromatic heterocycles. The first kappa shape index (κ1) is 12.4. The van der Waals surface area contributed by atoms with Gasteiger partial charge >= 0.3 is 0 Å². The average molecular weight is 257 g/mol. The molecular formula is C15H19N3O. The van der Waals surface area contributed by atoms with E-state index in [0.29, 0.717) is 5.88 Å². The molecule has 1 N–H and O–H groups in total. The van der Waals surface area contributed by atoms with Crippen LogP contribution in [-0.2, 0) is 0 Å². The van der Waals surface area contributed by atoms with Crippen molar-refractivity contribution >= 4 is 11.0 Å². The van der Waals surface area contributed by atoms with E-state index in [1.807, 2.05) is 31.2 Å². The molecule has 1 aliphatic heterocycles. The number of hydrogen-bond donors (Lipinski definition) is 1. The molecule has 0 radical (unpaired) electrons. The van der Waals surface area contributed by atoms with E-state index >= 15 is 0 Å². The van der Waals surface area contributed by atoms with Gasteiger partial charge in [0.1, 0.15) is 5.69 Å². The Balaban J connectivity index is 1.67. The largest absolute Gasteiger partial charge is 0.476 e. The van der Waals surface area contributed by atoms with Crippen LogP contribution in [0.1, 0.15) is 18.5 Å². The van der Waals surface area contributed by atoms with Crippen molar-refractivity contribution in [3.63, 3.8) is 0 Å². The van der Waals surface area contributed by atoms with Gasteiger partial charge in [-0.3, -0.25) is 0 Å². The molecule has 4 heteroatoms. The summed E-state index contributed by atoms with van der Waals surface area (Å²) in [5, 5.41) is 3.37. The smallest absolute Gasteiger partial charge is 0.235 e. The van der Waals surface area contributed by atoms with Crippen LogP contribution in [0.15, 0.2) is 24.3 Å². The van der Waals surface area contributed by atoms with Crippen LogP contribution in [0.25, 0.3) is 11.0 Å². The van der Waals surface area contributed by atoms with Crippen molar-refractivity contribution in [1.29, 1.82) is 0 Å². The molecule has 0 bridgehead atoms. The number of rotatable bonds is 4. The number of nitrogens with one attached hydrogen (secondary N) is 1. The molecule has 3 rings (SSSR count). The lowest BCUT2D eigenvalue weighted by Gasteiger charge is -2.11. The third-order valence-corrected chi connectivity index (χ3v) is 3.63. The van der Waals surface area contributed by atoms with Gasteiger partial charge in [-0.1, -0.05) is 12.1 Å². The minimum Gasteiger partial charge on any atom is -0.476 e. The van der Waals surface area contributed by atoms with Crippen LogP contribution in [0.4, 0.5) is 0 Å². The summed E-state index contributed by atoms with van der Waals surface area (Å²) < 4.78 is 5.81. The second kappa shape index (κ2) is 5.53. The van der Waals surface area contributed by atoms with E-state index in [0.717, 1.165) is 48.8 Å². The fourth-order valence-corrected chi connectivity index (χ4v) is 2.49. The van der Waals surface area contributed by atoms with Crippen molar-refractivity contribution in [3.05, 3.63) is 30.0 Å². The highest BCUT2D eigenvalue weighted by molar-refractivity contribution is 5.74. The van der Waals surface area contributed by atoms with Gasteiger partial charge in [-0.25, -0.2) is 9.97 Å². The maximum atomic E-state index is 5.81. The second-order valence-electron chi connectivity index (χ2n) is 5.10. The lowest BCUT2D eigenvalue weighted by atomic mass is 10.1. The van der Waals surface area contributed by atoms with Gasteiger partial charge in [-0.2, -0.15) is 0 Å². The van der Waals surface area contributed by atoms with Crippen LogP contribution >= 0.6 is 0 Å². The maximum Gasteiger partial charge on any atom is 0.235 e. The molecule has 2 heterocycles. The van der Waals surface area contributed by atoms with Crippen molar-refractivity contribution < 1.29 is 4.74 Å². The SMILES string of the molecule is Cc1nc2ccccc2nc1OCCC1CCNC1. The van der Waals surface area contributed by atoms with Crippen LogP contribution in [0, 0.1) is 12.8 Å². The Morgan fingerprint density at radius 3 is 2.79 bits per heavy atom. The average Bonchev–Trinajstić information content (AvgIpc) is 2.92. The Labute approximate surface area is 113 Å². The van der Waals surface area contributed by atoms with Crippen LogP contribution in [0.5, 0.6) is 5.88 Å². The lowest BCUT2D eigenvalue weighted by molar-refractivity contribution is 0.272. The summed E-state index contributed by atoms with van der Waals surface area (Å²) in [5.41, 5.74) is 2.68. The summed E-state index contributed by atoms with van der Waals surface area (Å²) in [5.74, 6) is 1.42. The van der Waals surface area contributed by atoms with E-state index in [4.69, 9.17) is 4.74 Å². The predicted octanol–water partition coefficient (Wildman–Crippen LogP) is 2.32. The molecule has 1 aromatic carbocycles. The summed E-state index contributed by atoms with van der Waals surface area (Å²) in [6.07, 6.45) is 2.34. The number of benzene rings is 1. The zero-order valence-corrected chi connectivity index (χ0v) is 11.2. The molecule has 19 heavy (non-hydrogen) atoms. The van der Waals surface area contributed by atoms with Crippen molar-refractivity contribution in [2.45, 2.75) is 19.8 Å². The van der Waals surface area contributed by atoms with E-state index in [1.165, 1.54) is 6.42 Å². The molecule has 0 amide bonds. The van der Waals surface area contributed by atoms with Crippen LogP contribution in [0.3, 0.4) is 0 Å². The molecule has 0 aliphatic carbocycles. The molecule has 100 valence electrons. The molecule has 1 atom stereocenters. The molecule has 1 fully saturated rings. The number of ether oxygens (including phenoxy) is 1. The van der Waals surface area contributed by atoms with E-state index in [2.05, 4.69) is 15.3 Å². The minimum atomic E-state index is 0.671. The quantitative estimate of drug-likeness (QED) is 0.913. The summed E-state index contributed by atoms with van der Waals surface area (Å²) in [6, 6.07) is 7.89. The van der Waals surface area contributed by atoms with Gasteiger partial charge in [0, 0.05) is 0 Å². The van der Waals surface area contributed by atoms with E-state index in [-0.39, 0.29) is 0 Å². The summed E-state index contributed by atoms with van der Waals surface area (Å²) in [6.45, 7) is 4.93. The van der Waals surface area contributed by atoms with Crippen molar-refractivity contribution in [2.24, 2.45) is 5.92 Å². The second-order valence-corrected chi connectivity index (χ2v) is 5.10. The topological polar surface area (TPSA) is 47.0 Å². The van der Waals surface area contributed by atoms with Gasteiger partial charge in [0.05, 0.1) is 17.6 Å². The van der Waals surface area contributed by atoms with E-state index < -0.39 is 0 Å². The summed E-state index contributed by atoms with van der Waals surface area (Å²) in [7, 11) is 0. The lowest BCUT2D eigenvalue weighted by Crippen LogP contribution is -2.12. The van der Waals surface area contributed by atoms with Crippen LogP contribution in [-0.4, -0.2) is 29.7 Å². The number of aromatic nitrogens is 2. The predicted molar refractivity (Wildman–Crippen MR) is 75.4 cm³/mol. The normalized spacial score (nSPS) is 18.9. The zero-order valence-electron chi connectivity index (χ0n) is 11.2. The van der Waals surface area contributed by atoms with Gasteiger partial charge in [0.15, 0.2) is 0 Å². The standard InChI is InChI=1S/C15H19N3O/c1-11-15(19-9-7-12-6-8-16-10-12)18-14-5-3-2-4-13(14)17-11/h2-5,12,16H,6-10H2,1H3. The monoisotopic (exact) mass is 257 g/mol. The van der Waals surface area contributed by atoms with Gasteiger partial charge < -0.3 is 10.1 Å². The maximum absolute atomic E-state index is 5.81. The molecule has 1 aliphatic rings. The first-order valence-electron chi connectivity index (χ1n) is 6.90. The fraction of sp³-hybridized carbons (Fsp3) is 0.467. The molecule has 2 aromatic rings. The third kappa shape index (κ3) is 2.84. The Morgan fingerprint density at radius 1 is 1.26 bits per heavy atom. The Morgan fingerprint density at radius 2 is 2.05 bits per heavy atom. The first-order chi connectivity index (χ1) is 9.33. The minimum absolute atomic E-state index is 0.671. The van der Waals surface area contributed by atoms with Gasteiger partial charge in [-0.05, 0) is 50.9 Å². The molecule has 1 saturated heterocycles. The van der Waals surface area contributed by atoms with Gasteiger partial charge in [-0.15, -0.1) is 0 Å². The van der Waals surface area contributed by atoms with Crippen molar-refractivity contribution in [3.8, 4) is 5.88 Å². The summed E-state index contributed by atoms with van der Waals surface area (Å²) in [4.78, 5) is 9.06. The zero-order chi connectivity index (χ0) is 13.1. The number of fused-ring (bicyclic) bond motifs is 1. The number of hydrogen-bond acceptors (Lipinski definition) is 4. The molecule has 1 unspecified atom stereocenters. The number of para-hydroxylation sites is 2. The van der Waals surface area contributed by atoms with Gasteiger partial charge in [0.25, 0.3) is 0 Å². The Hall–Kier alpha value is -1.68. The highest BCUT2D eigenvalue weighted by Gasteiger charge is 2.14. The Kier molecular flexibility index (Phi) is 3.60. The summed E-state index contributed by atoms with van der Waals surface area (Å²) >= 11 is 0. The van der Waals surface area contributed by atoms with E-state index in [9.17, 15) is 0 Å². The Bertz CT molecular complexity index is 564. The first-order valence-corrected chi connectivity index (χ1v) is 6.90. The van der Waals surface area contributed by atoms with Gasteiger partial charge in [0.2, 0.25) is 5.88 Å². The molecular weight excluding hydrogens is 238 g/mol.